The van der Waals surface area contributed by atoms with Gasteiger partial charge in [-0.15, -0.1) is 12.4 Å². The topological polar surface area (TPSA) is 49.4 Å². The largest absolute Gasteiger partial charge is 0.318 e. The molecule has 0 bridgehead atoms. The maximum atomic E-state index is 12.4. The normalized spacial score (nSPS) is 14.8. The van der Waals surface area contributed by atoms with E-state index in [-0.39, 0.29) is 12.4 Å². The molecular weight excluding hydrogens is 296 g/mol. The maximum Gasteiger partial charge on any atom is 0.242 e. The van der Waals surface area contributed by atoms with Crippen molar-refractivity contribution in [3.63, 3.8) is 0 Å². The Morgan fingerprint density at radius 2 is 1.85 bits per heavy atom. The lowest BCUT2D eigenvalue weighted by Gasteiger charge is -2.20. The number of hydrogen-bond acceptors (Lipinski definition) is 3. The number of rotatable bonds is 5. The van der Waals surface area contributed by atoms with Crippen LogP contribution in [0.4, 0.5) is 0 Å². The van der Waals surface area contributed by atoms with Crippen LogP contribution in [-0.2, 0) is 22.9 Å². The molecule has 0 fully saturated rings. The molecule has 1 aromatic rings. The molecule has 0 atom stereocenters. The average molecular weight is 319 g/mol. The highest BCUT2D eigenvalue weighted by molar-refractivity contribution is 7.89. The SMILES string of the molecule is CNCCN(C)S(=O)(=O)c1ccc2c(c1)CCCC2.Cl. The Bertz CT molecular complexity index is 546. The molecular formula is C14H23ClN2O2S. The highest BCUT2D eigenvalue weighted by atomic mass is 35.5. The van der Waals surface area contributed by atoms with Gasteiger partial charge in [0.25, 0.3) is 0 Å². The van der Waals surface area contributed by atoms with Crippen molar-refractivity contribution in [2.75, 3.05) is 27.2 Å². The number of benzene rings is 1. The Labute approximate surface area is 128 Å². The molecule has 1 N–H and O–H groups in total. The van der Waals surface area contributed by atoms with Gasteiger partial charge in [0.1, 0.15) is 0 Å². The monoisotopic (exact) mass is 318 g/mol. The van der Waals surface area contributed by atoms with Crippen molar-refractivity contribution in [2.24, 2.45) is 0 Å². The number of fused-ring (bicyclic) bond motifs is 1. The number of nitrogens with zero attached hydrogens (tertiary/aromatic N) is 1. The van der Waals surface area contributed by atoms with Crippen LogP contribution in [0.3, 0.4) is 0 Å². The summed E-state index contributed by atoms with van der Waals surface area (Å²) in [6.45, 7) is 1.14. The fraction of sp³-hybridized carbons (Fsp3) is 0.571. The smallest absolute Gasteiger partial charge is 0.242 e. The van der Waals surface area contributed by atoms with Crippen LogP contribution in [0, 0.1) is 0 Å². The molecule has 0 aliphatic heterocycles. The van der Waals surface area contributed by atoms with Crippen LogP contribution in [0.15, 0.2) is 23.1 Å². The number of sulfonamides is 1. The van der Waals surface area contributed by atoms with Gasteiger partial charge in [0.05, 0.1) is 4.90 Å². The molecule has 2 rings (SSSR count). The summed E-state index contributed by atoms with van der Waals surface area (Å²) in [5, 5.41) is 2.97. The summed E-state index contributed by atoms with van der Waals surface area (Å²) < 4.78 is 26.3. The van der Waals surface area contributed by atoms with Gasteiger partial charge in [0.15, 0.2) is 0 Å². The molecule has 0 spiro atoms. The Hall–Kier alpha value is -0.620. The summed E-state index contributed by atoms with van der Waals surface area (Å²) in [6.07, 6.45) is 4.44. The van der Waals surface area contributed by atoms with E-state index in [2.05, 4.69) is 5.32 Å². The van der Waals surface area contributed by atoms with Crippen molar-refractivity contribution in [3.8, 4) is 0 Å². The summed E-state index contributed by atoms with van der Waals surface area (Å²) in [7, 11) is 0.0985. The second-order valence-electron chi connectivity index (χ2n) is 5.07. The van der Waals surface area contributed by atoms with Crippen LogP contribution in [0.1, 0.15) is 24.0 Å². The molecule has 114 valence electrons. The summed E-state index contributed by atoms with van der Waals surface area (Å²) in [5.41, 5.74) is 2.51. The van der Waals surface area contributed by atoms with E-state index in [1.807, 2.05) is 19.2 Å². The van der Waals surface area contributed by atoms with Gasteiger partial charge in [-0.3, -0.25) is 0 Å². The quantitative estimate of drug-likeness (QED) is 0.901. The second-order valence-corrected chi connectivity index (χ2v) is 7.11. The number of hydrogen-bond donors (Lipinski definition) is 1. The van der Waals surface area contributed by atoms with Gasteiger partial charge in [-0.05, 0) is 56.0 Å². The molecule has 1 aliphatic carbocycles. The van der Waals surface area contributed by atoms with Gasteiger partial charge >= 0.3 is 0 Å². The van der Waals surface area contributed by atoms with Crippen molar-refractivity contribution in [3.05, 3.63) is 29.3 Å². The van der Waals surface area contributed by atoms with Crippen molar-refractivity contribution < 1.29 is 8.42 Å². The van der Waals surface area contributed by atoms with Crippen molar-refractivity contribution in [2.45, 2.75) is 30.6 Å². The molecule has 1 aromatic carbocycles. The lowest BCUT2D eigenvalue weighted by atomic mass is 9.92. The zero-order valence-electron chi connectivity index (χ0n) is 12.1. The molecule has 0 unspecified atom stereocenters. The minimum Gasteiger partial charge on any atom is -0.318 e. The fourth-order valence-electron chi connectivity index (χ4n) is 2.44. The fourth-order valence-corrected chi connectivity index (χ4v) is 3.66. The van der Waals surface area contributed by atoms with E-state index in [9.17, 15) is 8.42 Å². The third kappa shape index (κ3) is 3.73. The molecule has 0 aromatic heterocycles. The third-order valence-corrected chi connectivity index (χ3v) is 5.56. The zero-order chi connectivity index (χ0) is 13.9. The van der Waals surface area contributed by atoms with E-state index in [4.69, 9.17) is 0 Å². The van der Waals surface area contributed by atoms with E-state index in [0.717, 1.165) is 19.3 Å². The highest BCUT2D eigenvalue weighted by Gasteiger charge is 2.21. The Morgan fingerprint density at radius 3 is 2.50 bits per heavy atom. The van der Waals surface area contributed by atoms with E-state index in [1.165, 1.54) is 21.9 Å². The minimum absolute atomic E-state index is 0. The molecule has 0 saturated carbocycles. The first-order valence-corrected chi connectivity index (χ1v) is 8.22. The average Bonchev–Trinajstić information content (AvgIpc) is 2.44. The molecule has 0 amide bonds. The summed E-state index contributed by atoms with van der Waals surface area (Å²) >= 11 is 0. The summed E-state index contributed by atoms with van der Waals surface area (Å²) in [4.78, 5) is 0.423. The van der Waals surface area contributed by atoms with Gasteiger partial charge in [-0.25, -0.2) is 8.42 Å². The standard InChI is InChI=1S/C14H22N2O2S.ClH/c1-15-9-10-16(2)19(17,18)14-8-7-12-5-3-4-6-13(12)11-14;/h7-8,11,15H,3-6,9-10H2,1-2H3;1H. The van der Waals surface area contributed by atoms with Crippen molar-refractivity contribution in [1.29, 1.82) is 0 Å². The van der Waals surface area contributed by atoms with E-state index in [0.29, 0.717) is 18.0 Å². The van der Waals surface area contributed by atoms with Crippen molar-refractivity contribution in [1.82, 2.24) is 9.62 Å². The predicted octanol–water partition coefficient (Wildman–Crippen LogP) is 1.83. The predicted molar refractivity (Wildman–Crippen MR) is 84.1 cm³/mol. The third-order valence-electron chi connectivity index (χ3n) is 3.70. The van der Waals surface area contributed by atoms with Gasteiger partial charge in [0.2, 0.25) is 10.0 Å². The lowest BCUT2D eigenvalue weighted by Crippen LogP contribution is -2.33. The lowest BCUT2D eigenvalue weighted by molar-refractivity contribution is 0.466. The highest BCUT2D eigenvalue weighted by Crippen LogP contribution is 2.25. The van der Waals surface area contributed by atoms with Gasteiger partial charge < -0.3 is 5.32 Å². The van der Waals surface area contributed by atoms with Crippen LogP contribution in [0.25, 0.3) is 0 Å². The van der Waals surface area contributed by atoms with E-state index < -0.39 is 10.0 Å². The zero-order valence-corrected chi connectivity index (χ0v) is 13.7. The molecule has 20 heavy (non-hydrogen) atoms. The van der Waals surface area contributed by atoms with Crippen LogP contribution >= 0.6 is 12.4 Å². The first-order valence-electron chi connectivity index (χ1n) is 6.78. The second kappa shape index (κ2) is 7.41. The van der Waals surface area contributed by atoms with Crippen LogP contribution < -0.4 is 5.32 Å². The molecule has 0 radical (unpaired) electrons. The number of halogens is 1. The Morgan fingerprint density at radius 1 is 1.20 bits per heavy atom. The molecule has 4 nitrogen and oxygen atoms in total. The number of likely N-dealkylation sites (N-methyl/N-ethyl adjacent to an activating group) is 2. The van der Waals surface area contributed by atoms with E-state index >= 15 is 0 Å². The van der Waals surface area contributed by atoms with Crippen LogP contribution in [0.5, 0.6) is 0 Å². The minimum atomic E-state index is -3.35. The van der Waals surface area contributed by atoms with Crippen molar-refractivity contribution >= 4 is 22.4 Å². The van der Waals surface area contributed by atoms with Crippen LogP contribution in [0.2, 0.25) is 0 Å². The molecule has 1 aliphatic rings. The van der Waals surface area contributed by atoms with Gasteiger partial charge in [-0.2, -0.15) is 4.31 Å². The van der Waals surface area contributed by atoms with Crippen LogP contribution in [-0.4, -0.2) is 39.9 Å². The maximum absolute atomic E-state index is 12.4. The number of nitrogens with one attached hydrogen (secondary N) is 1. The first-order chi connectivity index (χ1) is 9.05. The first kappa shape index (κ1) is 17.4. The molecule has 0 heterocycles. The Balaban J connectivity index is 0.00000200. The van der Waals surface area contributed by atoms with Gasteiger partial charge in [-0.1, -0.05) is 6.07 Å². The summed E-state index contributed by atoms with van der Waals surface area (Å²) in [5.74, 6) is 0. The Kier molecular flexibility index (Phi) is 6.45. The van der Waals surface area contributed by atoms with E-state index in [1.54, 1.807) is 13.1 Å². The van der Waals surface area contributed by atoms with Gasteiger partial charge in [0, 0.05) is 20.1 Å². The molecule has 0 saturated heterocycles. The molecule has 6 heteroatoms. The summed E-state index contributed by atoms with van der Waals surface area (Å²) in [6, 6.07) is 5.59. The number of aryl methyl sites for hydroxylation is 2.